The van der Waals surface area contributed by atoms with Gasteiger partial charge in [0.05, 0.1) is 20.4 Å². The molecule has 1 fully saturated rings. The Labute approximate surface area is 186 Å². The summed E-state index contributed by atoms with van der Waals surface area (Å²) in [5, 5.41) is 7.44. The third-order valence-electron chi connectivity index (χ3n) is 6.13. The fraction of sp³-hybridized carbons (Fsp3) is 0.476. The Bertz CT molecular complexity index is 933. The first-order chi connectivity index (χ1) is 13.4. The van der Waals surface area contributed by atoms with Crippen LogP contribution in [-0.4, -0.2) is 40.5 Å². The van der Waals surface area contributed by atoms with Gasteiger partial charge in [-0.05, 0) is 60.1 Å². The summed E-state index contributed by atoms with van der Waals surface area (Å²) in [4.78, 5) is 3.78. The van der Waals surface area contributed by atoms with Crippen LogP contribution in [0.3, 0.4) is 0 Å². The number of thiophene rings is 1. The second-order valence-corrected chi connectivity index (χ2v) is 11.5. The first-order valence-electron chi connectivity index (χ1n) is 9.80. The summed E-state index contributed by atoms with van der Waals surface area (Å²) in [6.07, 6.45) is 2.87. The summed E-state index contributed by atoms with van der Waals surface area (Å²) >= 11 is 8.99. The van der Waals surface area contributed by atoms with Gasteiger partial charge >= 0.3 is 0 Å². The van der Waals surface area contributed by atoms with Crippen LogP contribution in [0.5, 0.6) is 5.75 Å². The maximum atomic E-state index is 6.71. The van der Waals surface area contributed by atoms with Crippen molar-refractivity contribution in [3.63, 3.8) is 0 Å². The summed E-state index contributed by atoms with van der Waals surface area (Å²) in [5.41, 5.74) is 2.07. The lowest BCUT2D eigenvalue weighted by atomic mass is 9.91. The average molecular weight is 525 g/mol. The number of rotatable bonds is 2. The van der Waals surface area contributed by atoms with Gasteiger partial charge in [0.15, 0.2) is 0 Å². The van der Waals surface area contributed by atoms with E-state index in [9.17, 15) is 0 Å². The van der Waals surface area contributed by atoms with Crippen LogP contribution >= 0.6 is 43.2 Å². The lowest BCUT2D eigenvalue weighted by molar-refractivity contribution is -0.152. The predicted octanol–water partition coefficient (Wildman–Crippen LogP) is 6.02. The van der Waals surface area contributed by atoms with Gasteiger partial charge in [-0.1, -0.05) is 15.9 Å². The van der Waals surface area contributed by atoms with E-state index in [4.69, 9.17) is 9.84 Å². The highest BCUT2D eigenvalue weighted by atomic mass is 79.9. The number of benzene rings is 1. The highest BCUT2D eigenvalue weighted by molar-refractivity contribution is 9.11. The first-order valence-corrected chi connectivity index (χ1v) is 12.2. The normalized spacial score (nSPS) is 23.5. The molecule has 4 heterocycles. The van der Waals surface area contributed by atoms with Crippen LogP contribution in [0, 0.1) is 0 Å². The van der Waals surface area contributed by atoms with E-state index in [0.29, 0.717) is 6.04 Å². The van der Waals surface area contributed by atoms with Gasteiger partial charge in [-0.2, -0.15) is 5.10 Å². The zero-order chi connectivity index (χ0) is 19.5. The Hall–Kier alpha value is -0.890. The van der Waals surface area contributed by atoms with Crippen molar-refractivity contribution in [2.24, 2.45) is 5.10 Å². The molecule has 4 nitrogen and oxygen atoms in total. The van der Waals surface area contributed by atoms with Gasteiger partial charge in [0.2, 0.25) is 5.72 Å². The van der Waals surface area contributed by atoms with Gasteiger partial charge in [0.1, 0.15) is 5.75 Å². The molecule has 1 saturated heterocycles. The Morgan fingerprint density at radius 3 is 2.64 bits per heavy atom. The predicted molar refractivity (Wildman–Crippen MR) is 121 cm³/mol. The van der Waals surface area contributed by atoms with E-state index >= 15 is 0 Å². The number of hydrogen-bond acceptors (Lipinski definition) is 5. The molecule has 1 aromatic carbocycles. The molecule has 148 valence electrons. The Kier molecular flexibility index (Phi) is 4.85. The van der Waals surface area contributed by atoms with Gasteiger partial charge in [0.25, 0.3) is 0 Å². The second kappa shape index (κ2) is 7.11. The zero-order valence-corrected chi connectivity index (χ0v) is 20.0. The highest BCUT2D eigenvalue weighted by Crippen LogP contribution is 2.51. The number of fused-ring (bicyclic) bond motifs is 4. The van der Waals surface area contributed by atoms with Crippen LogP contribution in [0.2, 0.25) is 0 Å². The van der Waals surface area contributed by atoms with Crippen molar-refractivity contribution < 1.29 is 4.74 Å². The quantitative estimate of drug-likeness (QED) is 0.481. The van der Waals surface area contributed by atoms with Crippen molar-refractivity contribution in [2.45, 2.75) is 50.9 Å². The molecule has 0 aliphatic carbocycles. The van der Waals surface area contributed by atoms with Crippen molar-refractivity contribution in [2.75, 3.05) is 13.1 Å². The molecule has 0 saturated carbocycles. The number of ether oxygens (including phenoxy) is 1. The van der Waals surface area contributed by atoms with Crippen molar-refractivity contribution >= 4 is 48.9 Å². The summed E-state index contributed by atoms with van der Waals surface area (Å²) in [6.45, 7) is 6.64. The molecule has 3 aliphatic heterocycles. The molecule has 0 amide bonds. The van der Waals surface area contributed by atoms with Crippen LogP contribution < -0.4 is 4.74 Å². The van der Waals surface area contributed by atoms with E-state index in [1.165, 1.54) is 16.2 Å². The van der Waals surface area contributed by atoms with Gasteiger partial charge in [0, 0.05) is 48.4 Å². The van der Waals surface area contributed by atoms with Crippen LogP contribution in [0.4, 0.5) is 0 Å². The van der Waals surface area contributed by atoms with E-state index in [-0.39, 0.29) is 11.8 Å². The van der Waals surface area contributed by atoms with E-state index in [0.717, 1.165) is 46.4 Å². The molecule has 1 aromatic heterocycles. The Morgan fingerprint density at radius 2 is 1.96 bits per heavy atom. The maximum absolute atomic E-state index is 6.71. The molecule has 1 spiro atoms. The SMILES string of the molecule is CC(C)N1CCC2(CC1)Oc1ccc(Br)cc1[C@@H]1CC(c3ccc(Br)s3)=NN12. The first kappa shape index (κ1) is 19.1. The highest BCUT2D eigenvalue weighted by Gasteiger charge is 2.52. The molecule has 28 heavy (non-hydrogen) atoms. The van der Waals surface area contributed by atoms with Crippen molar-refractivity contribution in [1.29, 1.82) is 0 Å². The maximum Gasteiger partial charge on any atom is 0.200 e. The third kappa shape index (κ3) is 3.15. The molecule has 5 rings (SSSR count). The van der Waals surface area contributed by atoms with Gasteiger partial charge < -0.3 is 9.64 Å². The van der Waals surface area contributed by atoms with Gasteiger partial charge in [-0.15, -0.1) is 11.3 Å². The zero-order valence-electron chi connectivity index (χ0n) is 16.0. The summed E-state index contributed by atoms with van der Waals surface area (Å²) in [7, 11) is 0. The van der Waals surface area contributed by atoms with E-state index in [1.54, 1.807) is 11.3 Å². The lowest BCUT2D eigenvalue weighted by Crippen LogP contribution is -2.59. The molecule has 0 unspecified atom stereocenters. The number of nitrogens with zero attached hydrogens (tertiary/aromatic N) is 3. The molecule has 0 bridgehead atoms. The molecular formula is C21H23Br2N3OS. The minimum atomic E-state index is -0.340. The van der Waals surface area contributed by atoms with E-state index in [2.05, 4.69) is 85.9 Å². The Morgan fingerprint density at radius 1 is 1.18 bits per heavy atom. The second-order valence-electron chi connectivity index (χ2n) is 8.08. The summed E-state index contributed by atoms with van der Waals surface area (Å²) in [6, 6.07) is 11.5. The van der Waals surface area contributed by atoms with Crippen LogP contribution in [-0.2, 0) is 0 Å². The van der Waals surface area contributed by atoms with Crippen LogP contribution in [0.15, 0.2) is 43.7 Å². The van der Waals surface area contributed by atoms with Crippen molar-refractivity contribution in [1.82, 2.24) is 9.91 Å². The molecule has 1 atom stereocenters. The lowest BCUT2D eigenvalue weighted by Gasteiger charge is -2.51. The number of hydrogen-bond donors (Lipinski definition) is 0. The molecule has 7 heteroatoms. The minimum absolute atomic E-state index is 0.239. The van der Waals surface area contributed by atoms with Gasteiger partial charge in [-0.25, -0.2) is 5.01 Å². The van der Waals surface area contributed by atoms with Crippen LogP contribution in [0.1, 0.15) is 49.6 Å². The fourth-order valence-corrected chi connectivity index (χ4v) is 6.35. The number of likely N-dealkylation sites (tertiary alicyclic amines) is 1. The minimum Gasteiger partial charge on any atom is -0.466 e. The molecule has 0 radical (unpaired) electrons. The smallest absolute Gasteiger partial charge is 0.200 e. The average Bonchev–Trinajstić information content (AvgIpc) is 3.30. The van der Waals surface area contributed by atoms with Crippen LogP contribution in [0.25, 0.3) is 0 Å². The summed E-state index contributed by atoms with van der Waals surface area (Å²) < 4.78 is 8.95. The van der Waals surface area contributed by atoms with Crippen molar-refractivity contribution in [3.05, 3.63) is 49.0 Å². The largest absolute Gasteiger partial charge is 0.466 e. The molecule has 0 N–H and O–H groups in total. The van der Waals surface area contributed by atoms with Gasteiger partial charge in [-0.3, -0.25) is 0 Å². The fourth-order valence-electron chi connectivity index (χ4n) is 4.59. The van der Waals surface area contributed by atoms with E-state index in [1.807, 2.05) is 0 Å². The number of piperidine rings is 1. The number of halogens is 2. The molecular weight excluding hydrogens is 502 g/mol. The third-order valence-corrected chi connectivity index (χ3v) is 8.29. The monoisotopic (exact) mass is 523 g/mol. The Balaban J connectivity index is 1.54. The standard InChI is InChI=1S/C21H23Br2N3OS/c1-13(2)25-9-7-21(8-10-25)26-17(15-11-14(22)3-4-18(15)27-21)12-16(24-26)19-5-6-20(23)28-19/h3-6,11,13,17H,7-10,12H2,1-2H3/t17-/m0/s1. The molecule has 2 aromatic rings. The molecule has 3 aliphatic rings. The number of hydrazone groups is 1. The summed E-state index contributed by atoms with van der Waals surface area (Å²) in [5.74, 6) is 1.02. The van der Waals surface area contributed by atoms with Crippen molar-refractivity contribution in [3.8, 4) is 5.75 Å². The topological polar surface area (TPSA) is 28.1 Å². The van der Waals surface area contributed by atoms with E-state index < -0.39 is 0 Å².